The molecule has 0 amide bonds. The summed E-state index contributed by atoms with van der Waals surface area (Å²) >= 11 is 0. The smallest absolute Gasteiger partial charge is 0.169 e. The summed E-state index contributed by atoms with van der Waals surface area (Å²) in [7, 11) is 0. The highest BCUT2D eigenvalue weighted by Crippen LogP contribution is 2.33. The number of benzene rings is 1. The summed E-state index contributed by atoms with van der Waals surface area (Å²) in [6.07, 6.45) is 3.82. The highest BCUT2D eigenvalue weighted by molar-refractivity contribution is 5.54. The SMILES string of the molecule is N#Cc1ccnnc1N(Cc1ccc(N)cc1)C1CC1. The normalized spacial score (nSPS) is 13.8. The second-order valence-electron chi connectivity index (χ2n) is 4.98. The summed E-state index contributed by atoms with van der Waals surface area (Å²) < 4.78 is 0. The standard InChI is InChI=1S/C15H15N5/c16-9-12-7-8-18-19-15(12)20(14-5-6-14)10-11-1-3-13(17)4-2-11/h1-4,7-8,14H,5-6,10,17H2. The maximum Gasteiger partial charge on any atom is 0.169 e. The van der Waals surface area contributed by atoms with Gasteiger partial charge in [-0.1, -0.05) is 12.1 Å². The van der Waals surface area contributed by atoms with E-state index < -0.39 is 0 Å². The minimum absolute atomic E-state index is 0.455. The number of nitrogens with zero attached hydrogens (tertiary/aromatic N) is 4. The van der Waals surface area contributed by atoms with Gasteiger partial charge in [0.15, 0.2) is 5.82 Å². The van der Waals surface area contributed by atoms with E-state index in [0.717, 1.165) is 30.6 Å². The van der Waals surface area contributed by atoms with Crippen molar-refractivity contribution in [2.45, 2.75) is 25.4 Å². The van der Waals surface area contributed by atoms with E-state index in [4.69, 9.17) is 5.73 Å². The Morgan fingerprint density at radius 2 is 2.00 bits per heavy atom. The molecule has 1 saturated carbocycles. The summed E-state index contributed by atoms with van der Waals surface area (Å²) in [5, 5.41) is 17.3. The van der Waals surface area contributed by atoms with Crippen molar-refractivity contribution in [1.82, 2.24) is 10.2 Å². The minimum atomic E-state index is 0.455. The molecule has 1 aromatic heterocycles. The van der Waals surface area contributed by atoms with E-state index in [-0.39, 0.29) is 0 Å². The van der Waals surface area contributed by atoms with E-state index in [1.807, 2.05) is 24.3 Å². The van der Waals surface area contributed by atoms with Crippen LogP contribution in [0.3, 0.4) is 0 Å². The Morgan fingerprint density at radius 3 is 2.65 bits per heavy atom. The minimum Gasteiger partial charge on any atom is -0.399 e. The fourth-order valence-electron chi connectivity index (χ4n) is 2.21. The van der Waals surface area contributed by atoms with Crippen molar-refractivity contribution in [3.05, 3.63) is 47.7 Å². The molecule has 5 nitrogen and oxygen atoms in total. The van der Waals surface area contributed by atoms with Crippen LogP contribution in [0.1, 0.15) is 24.0 Å². The van der Waals surface area contributed by atoms with Crippen LogP contribution >= 0.6 is 0 Å². The first-order chi connectivity index (χ1) is 9.78. The molecule has 1 fully saturated rings. The van der Waals surface area contributed by atoms with Gasteiger partial charge in [-0.3, -0.25) is 0 Å². The van der Waals surface area contributed by atoms with Crippen LogP contribution in [0.25, 0.3) is 0 Å². The molecule has 0 radical (unpaired) electrons. The number of nitrogens with two attached hydrogens (primary N) is 1. The van der Waals surface area contributed by atoms with Crippen molar-refractivity contribution in [1.29, 1.82) is 5.26 Å². The van der Waals surface area contributed by atoms with Crippen molar-refractivity contribution >= 4 is 11.5 Å². The van der Waals surface area contributed by atoms with Gasteiger partial charge in [0.05, 0.1) is 11.8 Å². The molecule has 5 heteroatoms. The maximum atomic E-state index is 9.21. The lowest BCUT2D eigenvalue weighted by molar-refractivity contribution is 0.762. The predicted octanol–water partition coefficient (Wildman–Crippen LogP) is 2.10. The van der Waals surface area contributed by atoms with E-state index in [2.05, 4.69) is 21.2 Å². The van der Waals surface area contributed by atoms with Gasteiger partial charge >= 0.3 is 0 Å². The first-order valence-electron chi connectivity index (χ1n) is 6.61. The number of nitrogen functional groups attached to an aromatic ring is 1. The molecule has 0 unspecified atom stereocenters. The number of anilines is 2. The van der Waals surface area contributed by atoms with Crippen molar-refractivity contribution in [3.63, 3.8) is 0 Å². The first-order valence-corrected chi connectivity index (χ1v) is 6.61. The lowest BCUT2D eigenvalue weighted by Crippen LogP contribution is -2.27. The quantitative estimate of drug-likeness (QED) is 0.856. The van der Waals surface area contributed by atoms with Crippen molar-refractivity contribution < 1.29 is 0 Å². The van der Waals surface area contributed by atoms with Gasteiger partial charge in [0.25, 0.3) is 0 Å². The molecule has 0 bridgehead atoms. The Labute approximate surface area is 117 Å². The van der Waals surface area contributed by atoms with Crippen LogP contribution in [-0.2, 0) is 6.54 Å². The maximum absolute atomic E-state index is 9.21. The highest BCUT2D eigenvalue weighted by Gasteiger charge is 2.31. The third-order valence-electron chi connectivity index (χ3n) is 3.41. The Balaban J connectivity index is 1.90. The van der Waals surface area contributed by atoms with E-state index in [1.54, 1.807) is 12.3 Å². The van der Waals surface area contributed by atoms with Gasteiger partial charge < -0.3 is 10.6 Å². The number of rotatable bonds is 4. The third-order valence-corrected chi connectivity index (χ3v) is 3.41. The lowest BCUT2D eigenvalue weighted by atomic mass is 10.2. The van der Waals surface area contributed by atoms with Gasteiger partial charge in [-0.05, 0) is 36.6 Å². The van der Waals surface area contributed by atoms with E-state index in [9.17, 15) is 5.26 Å². The largest absolute Gasteiger partial charge is 0.399 e. The van der Waals surface area contributed by atoms with Gasteiger partial charge in [-0.2, -0.15) is 10.4 Å². The van der Waals surface area contributed by atoms with E-state index >= 15 is 0 Å². The van der Waals surface area contributed by atoms with E-state index in [0.29, 0.717) is 17.4 Å². The molecular formula is C15H15N5. The molecule has 100 valence electrons. The molecule has 2 aromatic rings. The predicted molar refractivity (Wildman–Crippen MR) is 76.8 cm³/mol. The fourth-order valence-corrected chi connectivity index (χ4v) is 2.21. The summed E-state index contributed by atoms with van der Waals surface area (Å²) in [5.41, 5.74) is 8.19. The first kappa shape index (κ1) is 12.4. The fraction of sp³-hybridized carbons (Fsp3) is 0.267. The molecule has 3 rings (SSSR count). The Bertz CT molecular complexity index is 640. The molecule has 0 aliphatic heterocycles. The van der Waals surface area contributed by atoms with Crippen LogP contribution in [0.2, 0.25) is 0 Å². The number of nitriles is 1. The molecule has 0 saturated heterocycles. The summed E-state index contributed by atoms with van der Waals surface area (Å²) in [6.45, 7) is 0.721. The van der Waals surface area contributed by atoms with Gasteiger partial charge in [-0.25, -0.2) is 0 Å². The Hall–Kier alpha value is -2.61. The molecule has 2 N–H and O–H groups in total. The lowest BCUT2D eigenvalue weighted by Gasteiger charge is -2.23. The molecular weight excluding hydrogens is 250 g/mol. The monoisotopic (exact) mass is 265 g/mol. The molecule has 1 aliphatic rings. The van der Waals surface area contributed by atoms with Crippen LogP contribution in [0.5, 0.6) is 0 Å². The zero-order chi connectivity index (χ0) is 13.9. The highest BCUT2D eigenvalue weighted by atomic mass is 15.3. The summed E-state index contributed by atoms with van der Waals surface area (Å²) in [5.74, 6) is 0.675. The zero-order valence-corrected chi connectivity index (χ0v) is 11.0. The number of aromatic nitrogens is 2. The Kier molecular flexibility index (Phi) is 3.21. The van der Waals surface area contributed by atoms with Crippen LogP contribution in [0, 0.1) is 11.3 Å². The zero-order valence-electron chi connectivity index (χ0n) is 11.0. The van der Waals surface area contributed by atoms with Crippen LogP contribution in [0.15, 0.2) is 36.5 Å². The third kappa shape index (κ3) is 2.54. The van der Waals surface area contributed by atoms with Gasteiger partial charge in [0.1, 0.15) is 6.07 Å². The topological polar surface area (TPSA) is 78.8 Å². The molecule has 0 atom stereocenters. The average molecular weight is 265 g/mol. The van der Waals surface area contributed by atoms with Crippen molar-refractivity contribution in [2.75, 3.05) is 10.6 Å². The average Bonchev–Trinajstić information content (AvgIpc) is 3.31. The second-order valence-corrected chi connectivity index (χ2v) is 4.98. The summed E-state index contributed by atoms with van der Waals surface area (Å²) in [4.78, 5) is 2.16. The van der Waals surface area contributed by atoms with Gasteiger partial charge in [-0.15, -0.1) is 5.10 Å². The number of hydrogen-bond donors (Lipinski definition) is 1. The van der Waals surface area contributed by atoms with Gasteiger partial charge in [0.2, 0.25) is 0 Å². The van der Waals surface area contributed by atoms with E-state index in [1.165, 1.54) is 0 Å². The number of hydrogen-bond acceptors (Lipinski definition) is 5. The Morgan fingerprint density at radius 1 is 1.25 bits per heavy atom. The van der Waals surface area contributed by atoms with Crippen molar-refractivity contribution in [2.24, 2.45) is 0 Å². The molecule has 1 heterocycles. The molecule has 0 spiro atoms. The summed E-state index contributed by atoms with van der Waals surface area (Å²) in [6, 6.07) is 12.1. The molecule has 1 aromatic carbocycles. The molecule has 1 aliphatic carbocycles. The van der Waals surface area contributed by atoms with Crippen LogP contribution in [0.4, 0.5) is 11.5 Å². The second kappa shape index (κ2) is 5.17. The van der Waals surface area contributed by atoms with Gasteiger partial charge in [0, 0.05) is 18.3 Å². The van der Waals surface area contributed by atoms with Crippen LogP contribution < -0.4 is 10.6 Å². The molecule has 20 heavy (non-hydrogen) atoms. The van der Waals surface area contributed by atoms with Crippen molar-refractivity contribution in [3.8, 4) is 6.07 Å². The van der Waals surface area contributed by atoms with Crippen LogP contribution in [-0.4, -0.2) is 16.2 Å².